The first-order valence-corrected chi connectivity index (χ1v) is 8.84. The minimum Gasteiger partial charge on any atom is -0.492 e. The summed E-state index contributed by atoms with van der Waals surface area (Å²) in [5.74, 6) is -1.33. The maximum atomic E-state index is 12.1. The third-order valence-corrected chi connectivity index (χ3v) is 4.21. The predicted molar refractivity (Wildman–Crippen MR) is 111 cm³/mol. The van der Waals surface area contributed by atoms with E-state index in [1.165, 1.54) is 13.3 Å². The number of hydrogen-bond acceptors (Lipinski definition) is 8. The quantitative estimate of drug-likeness (QED) is 0.332. The summed E-state index contributed by atoms with van der Waals surface area (Å²) in [5, 5.41) is 28.1. The number of amides is 1. The van der Waals surface area contributed by atoms with Gasteiger partial charge in [-0.1, -0.05) is 42.5 Å². The molecule has 0 saturated carbocycles. The summed E-state index contributed by atoms with van der Waals surface area (Å²) in [7, 11) is 1.17. The second kappa shape index (κ2) is 9.31. The first-order chi connectivity index (χ1) is 14.9. The molecular weight excluding hydrogens is 408 g/mol. The Balaban J connectivity index is 1.71. The average molecular weight is 424 g/mol. The van der Waals surface area contributed by atoms with E-state index in [-0.39, 0.29) is 5.75 Å². The number of fused-ring (bicyclic) bond motifs is 1. The molecule has 0 aromatic heterocycles. The van der Waals surface area contributed by atoms with E-state index in [1.54, 1.807) is 0 Å². The Kier molecular flexibility index (Phi) is 6.36. The third-order valence-electron chi connectivity index (χ3n) is 4.21. The van der Waals surface area contributed by atoms with Gasteiger partial charge >= 0.3 is 5.69 Å². The first kappa shape index (κ1) is 21.2. The molecule has 11 nitrogen and oxygen atoms in total. The zero-order valence-corrected chi connectivity index (χ0v) is 16.2. The maximum absolute atomic E-state index is 12.1. The van der Waals surface area contributed by atoms with Crippen molar-refractivity contribution in [2.45, 2.75) is 0 Å². The summed E-state index contributed by atoms with van der Waals surface area (Å²) in [6.07, 6.45) is 1.47. The van der Waals surface area contributed by atoms with Crippen LogP contribution in [-0.2, 0) is 4.79 Å². The van der Waals surface area contributed by atoms with Crippen LogP contribution in [-0.4, -0.2) is 35.7 Å². The number of nitro groups is 2. The van der Waals surface area contributed by atoms with Crippen LogP contribution in [0.4, 0.5) is 11.4 Å². The number of nitrogens with one attached hydrogen (secondary N) is 1. The van der Waals surface area contributed by atoms with Gasteiger partial charge < -0.3 is 9.47 Å². The molecule has 31 heavy (non-hydrogen) atoms. The van der Waals surface area contributed by atoms with Gasteiger partial charge in [0.05, 0.1) is 35.3 Å². The minimum absolute atomic E-state index is 0.243. The molecule has 0 heterocycles. The highest BCUT2D eigenvalue weighted by Crippen LogP contribution is 2.40. The van der Waals surface area contributed by atoms with Gasteiger partial charge in [0.1, 0.15) is 0 Å². The number of hydrazone groups is 1. The van der Waals surface area contributed by atoms with Crippen molar-refractivity contribution in [3.63, 3.8) is 0 Å². The first-order valence-electron chi connectivity index (χ1n) is 8.84. The van der Waals surface area contributed by atoms with Crippen molar-refractivity contribution >= 4 is 34.3 Å². The number of nitro benzene ring substituents is 2. The highest BCUT2D eigenvalue weighted by atomic mass is 16.6. The zero-order chi connectivity index (χ0) is 22.4. The lowest BCUT2D eigenvalue weighted by atomic mass is 10.1. The molecule has 0 radical (unpaired) electrons. The third kappa shape index (κ3) is 4.90. The summed E-state index contributed by atoms with van der Waals surface area (Å²) >= 11 is 0. The van der Waals surface area contributed by atoms with Crippen LogP contribution in [0, 0.1) is 20.2 Å². The van der Waals surface area contributed by atoms with Crippen molar-refractivity contribution in [1.29, 1.82) is 0 Å². The van der Waals surface area contributed by atoms with Crippen molar-refractivity contribution in [2.24, 2.45) is 5.10 Å². The standard InChI is InChI=1S/C20H16N4O7/c1-30-18-10-15(23(26)27)9-17(24(28)29)20(18)31-12-19(25)22-21-11-14-7-4-6-13-5-2-3-8-16(13)14/h2-11H,12H2,1H3,(H,22,25)/b21-11-. The van der Waals surface area contributed by atoms with E-state index in [0.717, 1.165) is 28.5 Å². The van der Waals surface area contributed by atoms with Crippen LogP contribution in [0.3, 0.4) is 0 Å². The van der Waals surface area contributed by atoms with Gasteiger partial charge in [-0.2, -0.15) is 5.10 Å². The average Bonchev–Trinajstić information content (AvgIpc) is 2.77. The molecule has 1 N–H and O–H groups in total. The van der Waals surface area contributed by atoms with Gasteiger partial charge in [0, 0.05) is 5.56 Å². The monoisotopic (exact) mass is 424 g/mol. The Hall–Kier alpha value is -4.54. The van der Waals surface area contributed by atoms with Gasteiger partial charge in [-0.05, 0) is 10.8 Å². The van der Waals surface area contributed by atoms with Gasteiger partial charge in [0.15, 0.2) is 12.4 Å². The molecule has 1 amide bonds. The van der Waals surface area contributed by atoms with Crippen LogP contribution in [0.15, 0.2) is 59.7 Å². The number of benzene rings is 3. The molecule has 3 aromatic carbocycles. The minimum atomic E-state index is -0.860. The number of carbonyl (C=O) groups excluding carboxylic acids is 1. The Morgan fingerprint density at radius 1 is 1.10 bits per heavy atom. The second-order valence-electron chi connectivity index (χ2n) is 6.16. The van der Waals surface area contributed by atoms with Gasteiger partial charge in [0.2, 0.25) is 5.75 Å². The van der Waals surface area contributed by atoms with E-state index in [1.807, 2.05) is 42.5 Å². The summed E-state index contributed by atoms with van der Waals surface area (Å²) in [6, 6.07) is 15.0. The zero-order valence-electron chi connectivity index (χ0n) is 16.2. The fourth-order valence-electron chi connectivity index (χ4n) is 2.82. The molecule has 0 bridgehead atoms. The molecule has 0 fully saturated rings. The topological polar surface area (TPSA) is 146 Å². The lowest BCUT2D eigenvalue weighted by molar-refractivity contribution is -0.394. The van der Waals surface area contributed by atoms with Gasteiger partial charge in [-0.15, -0.1) is 0 Å². The Labute approximate surface area is 175 Å². The molecule has 0 saturated heterocycles. The molecule has 0 aliphatic carbocycles. The molecule has 0 aliphatic rings. The number of nitrogens with zero attached hydrogens (tertiary/aromatic N) is 3. The number of rotatable bonds is 8. The molecule has 11 heteroatoms. The van der Waals surface area contributed by atoms with Crippen molar-refractivity contribution in [3.8, 4) is 11.5 Å². The molecule has 158 valence electrons. The number of hydrogen-bond donors (Lipinski definition) is 1. The molecule has 3 aromatic rings. The van der Waals surface area contributed by atoms with Crippen LogP contribution in [0.2, 0.25) is 0 Å². The molecule has 0 unspecified atom stereocenters. The van der Waals surface area contributed by atoms with E-state index in [4.69, 9.17) is 9.47 Å². The molecule has 0 atom stereocenters. The normalized spacial score (nSPS) is 10.7. The molecule has 0 spiro atoms. The smallest absolute Gasteiger partial charge is 0.321 e. The summed E-state index contributed by atoms with van der Waals surface area (Å²) < 4.78 is 10.2. The van der Waals surface area contributed by atoms with Crippen LogP contribution in [0.25, 0.3) is 10.8 Å². The fraction of sp³-hybridized carbons (Fsp3) is 0.100. The van der Waals surface area contributed by atoms with E-state index in [0.29, 0.717) is 0 Å². The lowest BCUT2D eigenvalue weighted by Gasteiger charge is -2.10. The van der Waals surface area contributed by atoms with Crippen molar-refractivity contribution in [2.75, 3.05) is 13.7 Å². The highest BCUT2D eigenvalue weighted by Gasteiger charge is 2.27. The van der Waals surface area contributed by atoms with Crippen molar-refractivity contribution in [3.05, 3.63) is 80.4 Å². The van der Waals surface area contributed by atoms with E-state index in [9.17, 15) is 25.0 Å². The second-order valence-corrected chi connectivity index (χ2v) is 6.16. The highest BCUT2D eigenvalue weighted by molar-refractivity contribution is 5.99. The number of non-ortho nitro benzene ring substituents is 1. The summed E-state index contributed by atoms with van der Waals surface area (Å²) in [6.45, 7) is -0.623. The van der Waals surface area contributed by atoms with Crippen molar-refractivity contribution < 1.29 is 24.1 Å². The van der Waals surface area contributed by atoms with E-state index < -0.39 is 39.5 Å². The summed E-state index contributed by atoms with van der Waals surface area (Å²) in [4.78, 5) is 32.6. The Bertz CT molecular complexity index is 1190. The Morgan fingerprint density at radius 2 is 1.84 bits per heavy atom. The van der Waals surface area contributed by atoms with E-state index in [2.05, 4.69) is 10.5 Å². The van der Waals surface area contributed by atoms with Gasteiger partial charge in [-0.3, -0.25) is 25.0 Å². The van der Waals surface area contributed by atoms with Crippen LogP contribution in [0.1, 0.15) is 5.56 Å². The van der Waals surface area contributed by atoms with Crippen LogP contribution in [0.5, 0.6) is 11.5 Å². The fourth-order valence-corrected chi connectivity index (χ4v) is 2.82. The van der Waals surface area contributed by atoms with Gasteiger partial charge in [-0.25, -0.2) is 5.43 Å². The van der Waals surface area contributed by atoms with Crippen LogP contribution >= 0.6 is 0 Å². The maximum Gasteiger partial charge on any atom is 0.321 e. The van der Waals surface area contributed by atoms with Crippen molar-refractivity contribution in [1.82, 2.24) is 5.43 Å². The Morgan fingerprint density at radius 3 is 2.55 bits per heavy atom. The molecule has 3 rings (SSSR count). The molecular formula is C20H16N4O7. The van der Waals surface area contributed by atoms with Crippen LogP contribution < -0.4 is 14.9 Å². The largest absolute Gasteiger partial charge is 0.492 e. The number of carbonyl (C=O) groups is 1. The lowest BCUT2D eigenvalue weighted by Crippen LogP contribution is -2.25. The number of ether oxygens (including phenoxy) is 2. The van der Waals surface area contributed by atoms with E-state index >= 15 is 0 Å². The summed E-state index contributed by atoms with van der Waals surface area (Å²) in [5.41, 5.74) is 1.81. The number of methoxy groups -OCH3 is 1. The molecule has 0 aliphatic heterocycles. The predicted octanol–water partition coefficient (Wildman–Crippen LogP) is 3.19. The SMILES string of the molecule is COc1cc([N+](=O)[O-])cc([N+](=O)[O-])c1OCC(=O)N/N=C\c1cccc2ccccc12. The van der Waals surface area contributed by atoms with Gasteiger partial charge in [0.25, 0.3) is 11.6 Å².